The van der Waals surface area contributed by atoms with E-state index in [0.29, 0.717) is 6.42 Å². The van der Waals surface area contributed by atoms with Gasteiger partial charge in [0, 0.05) is 43.2 Å². The zero-order valence-electron chi connectivity index (χ0n) is 14.9. The maximum Gasteiger partial charge on any atom is 0.226 e. The molecule has 26 heavy (non-hydrogen) atoms. The first-order chi connectivity index (χ1) is 12.6. The first-order valence-electron chi connectivity index (χ1n) is 8.51. The number of nitrogens with one attached hydrogen (secondary N) is 3. The molecule has 1 aliphatic heterocycles. The number of nitrogens with zero attached hydrogens (tertiary/aromatic N) is 1. The van der Waals surface area contributed by atoms with Crippen LogP contribution in [0.15, 0.2) is 53.7 Å². The van der Waals surface area contributed by atoms with E-state index in [0.717, 1.165) is 33.9 Å². The number of nitrogens with two attached hydrogens (primary N) is 1. The number of hydrogen-bond donors (Lipinski definition) is 4. The number of fused-ring (bicyclic) bond motifs is 1. The van der Waals surface area contributed by atoms with Crippen LogP contribution < -0.4 is 21.7 Å². The second-order valence-corrected chi connectivity index (χ2v) is 6.24. The van der Waals surface area contributed by atoms with Crippen molar-refractivity contribution in [3.63, 3.8) is 0 Å². The molecule has 1 heterocycles. The van der Waals surface area contributed by atoms with Crippen molar-refractivity contribution >= 4 is 40.4 Å². The summed E-state index contributed by atoms with van der Waals surface area (Å²) in [6.45, 7) is 1.99. The van der Waals surface area contributed by atoms with Crippen molar-refractivity contribution in [2.24, 2.45) is 10.7 Å². The van der Waals surface area contributed by atoms with Crippen LogP contribution in [0.25, 0.3) is 5.57 Å². The zero-order chi connectivity index (χ0) is 18.5. The smallest absolute Gasteiger partial charge is 0.226 e. The second-order valence-electron chi connectivity index (χ2n) is 6.24. The van der Waals surface area contributed by atoms with Crippen LogP contribution in [-0.4, -0.2) is 25.2 Å². The van der Waals surface area contributed by atoms with E-state index in [9.17, 15) is 4.79 Å². The number of benzene rings is 2. The van der Waals surface area contributed by atoms with Crippen LogP contribution in [0.4, 0.5) is 22.7 Å². The summed E-state index contributed by atoms with van der Waals surface area (Å²) in [5.74, 6) is 0.0134. The zero-order valence-corrected chi connectivity index (χ0v) is 14.9. The summed E-state index contributed by atoms with van der Waals surface area (Å²) >= 11 is 0. The number of anilines is 4. The Morgan fingerprint density at radius 2 is 2.12 bits per heavy atom. The molecule has 3 rings (SSSR count). The lowest BCUT2D eigenvalue weighted by molar-refractivity contribution is -0.116. The standard InChI is InChI=1S/C20H23N5O/c1-13-9-19(26)25-18-8-4-7-17(20(18)23-13)24-16-6-3-5-14(10-16)15(11-21)12-22-2/h3-8,10-13,23-24H,9,21H2,1-2H3,(H,25,26)/b15-11+,22-12?/t13-/m1/s1. The largest absolute Gasteiger partial charge is 0.404 e. The number of carbonyl (C=O) groups is 1. The Morgan fingerprint density at radius 1 is 1.31 bits per heavy atom. The molecule has 0 fully saturated rings. The number of hydrogen-bond acceptors (Lipinski definition) is 5. The molecule has 0 bridgehead atoms. The molecule has 1 atom stereocenters. The molecule has 1 aliphatic rings. The van der Waals surface area contributed by atoms with Gasteiger partial charge < -0.3 is 21.7 Å². The first kappa shape index (κ1) is 17.5. The molecule has 0 aromatic heterocycles. The highest BCUT2D eigenvalue weighted by Crippen LogP contribution is 2.35. The fourth-order valence-corrected chi connectivity index (χ4v) is 2.98. The molecule has 5 N–H and O–H groups in total. The van der Waals surface area contributed by atoms with E-state index >= 15 is 0 Å². The maximum atomic E-state index is 11.9. The average molecular weight is 349 g/mol. The van der Waals surface area contributed by atoms with Crippen molar-refractivity contribution in [2.45, 2.75) is 19.4 Å². The van der Waals surface area contributed by atoms with Crippen molar-refractivity contribution in [1.82, 2.24) is 0 Å². The highest BCUT2D eigenvalue weighted by molar-refractivity contribution is 6.10. The molecule has 0 unspecified atom stereocenters. The highest BCUT2D eigenvalue weighted by atomic mass is 16.1. The van der Waals surface area contributed by atoms with Crippen molar-refractivity contribution in [3.8, 4) is 0 Å². The van der Waals surface area contributed by atoms with Crippen molar-refractivity contribution in [1.29, 1.82) is 0 Å². The normalized spacial score (nSPS) is 17.2. The quantitative estimate of drug-likeness (QED) is 0.635. The van der Waals surface area contributed by atoms with Gasteiger partial charge in [-0.15, -0.1) is 0 Å². The van der Waals surface area contributed by atoms with E-state index in [1.54, 1.807) is 19.5 Å². The van der Waals surface area contributed by atoms with Gasteiger partial charge in [0.1, 0.15) is 0 Å². The van der Waals surface area contributed by atoms with E-state index in [4.69, 9.17) is 5.73 Å². The van der Waals surface area contributed by atoms with Crippen LogP contribution in [0.1, 0.15) is 18.9 Å². The van der Waals surface area contributed by atoms with Crippen molar-refractivity contribution in [3.05, 3.63) is 54.2 Å². The fourth-order valence-electron chi connectivity index (χ4n) is 2.98. The van der Waals surface area contributed by atoms with Gasteiger partial charge in [-0.1, -0.05) is 18.2 Å². The van der Waals surface area contributed by atoms with E-state index in [1.807, 2.05) is 49.4 Å². The molecule has 0 saturated heterocycles. The fraction of sp³-hybridized carbons (Fsp3) is 0.200. The van der Waals surface area contributed by atoms with Gasteiger partial charge >= 0.3 is 0 Å². The molecule has 6 nitrogen and oxygen atoms in total. The molecule has 0 radical (unpaired) electrons. The lowest BCUT2D eigenvalue weighted by Gasteiger charge is -2.18. The van der Waals surface area contributed by atoms with Gasteiger partial charge in [0.2, 0.25) is 5.91 Å². The number of para-hydroxylation sites is 1. The summed E-state index contributed by atoms with van der Waals surface area (Å²) in [5.41, 5.74) is 11.0. The van der Waals surface area contributed by atoms with Crippen LogP contribution in [0.2, 0.25) is 0 Å². The summed E-state index contributed by atoms with van der Waals surface area (Å²) in [4.78, 5) is 16.0. The molecule has 1 amide bonds. The summed E-state index contributed by atoms with van der Waals surface area (Å²) < 4.78 is 0. The third-order valence-corrected chi connectivity index (χ3v) is 4.14. The van der Waals surface area contributed by atoms with E-state index in [2.05, 4.69) is 20.9 Å². The predicted octanol–water partition coefficient (Wildman–Crippen LogP) is 3.57. The molecule has 2 aromatic carbocycles. The molecule has 0 spiro atoms. The average Bonchev–Trinajstić information content (AvgIpc) is 2.77. The van der Waals surface area contributed by atoms with Crippen LogP contribution in [0.3, 0.4) is 0 Å². The number of rotatable bonds is 4. The third-order valence-electron chi connectivity index (χ3n) is 4.14. The lowest BCUT2D eigenvalue weighted by atomic mass is 10.1. The minimum atomic E-state index is 0.0134. The molecule has 0 saturated carbocycles. The first-order valence-corrected chi connectivity index (χ1v) is 8.51. The Labute approximate surface area is 153 Å². The minimum absolute atomic E-state index is 0.0134. The van der Waals surface area contributed by atoms with E-state index in [1.165, 1.54) is 0 Å². The van der Waals surface area contributed by atoms with Gasteiger partial charge in [-0.25, -0.2) is 0 Å². The lowest BCUT2D eigenvalue weighted by Crippen LogP contribution is -2.19. The molecule has 134 valence electrons. The van der Waals surface area contributed by atoms with Gasteiger partial charge in [0.25, 0.3) is 0 Å². The number of amides is 1. The maximum absolute atomic E-state index is 11.9. The minimum Gasteiger partial charge on any atom is -0.404 e. The van der Waals surface area contributed by atoms with E-state index < -0.39 is 0 Å². The number of carbonyl (C=O) groups excluding carboxylic acids is 1. The molecule has 2 aromatic rings. The second kappa shape index (κ2) is 7.74. The Balaban J connectivity index is 1.93. The predicted molar refractivity (Wildman–Crippen MR) is 109 cm³/mol. The van der Waals surface area contributed by atoms with Crippen LogP contribution in [0.5, 0.6) is 0 Å². The Hall–Kier alpha value is -3.28. The van der Waals surface area contributed by atoms with Gasteiger partial charge in [-0.2, -0.15) is 0 Å². The van der Waals surface area contributed by atoms with Gasteiger partial charge in [0.15, 0.2) is 0 Å². The molecular formula is C20H23N5O. The third kappa shape index (κ3) is 3.85. The van der Waals surface area contributed by atoms with Crippen molar-refractivity contribution < 1.29 is 4.79 Å². The van der Waals surface area contributed by atoms with Crippen LogP contribution in [0, 0.1) is 0 Å². The Morgan fingerprint density at radius 3 is 2.88 bits per heavy atom. The number of allylic oxidation sites excluding steroid dienone is 1. The summed E-state index contributed by atoms with van der Waals surface area (Å²) in [6, 6.07) is 13.8. The SMILES string of the molecule is CN=C/C(=C\N)c1cccc(Nc2cccc3c2N[C@H](C)CC(=O)N3)c1. The molecule has 0 aliphatic carbocycles. The van der Waals surface area contributed by atoms with Gasteiger partial charge in [-0.05, 0) is 36.8 Å². The molecular weight excluding hydrogens is 326 g/mol. The molecule has 6 heteroatoms. The Bertz CT molecular complexity index is 872. The van der Waals surface area contributed by atoms with Gasteiger partial charge in [-0.3, -0.25) is 9.79 Å². The highest BCUT2D eigenvalue weighted by Gasteiger charge is 2.19. The van der Waals surface area contributed by atoms with Crippen LogP contribution in [-0.2, 0) is 4.79 Å². The van der Waals surface area contributed by atoms with Crippen LogP contribution >= 0.6 is 0 Å². The monoisotopic (exact) mass is 349 g/mol. The van der Waals surface area contributed by atoms with Gasteiger partial charge in [0.05, 0.1) is 17.1 Å². The Kier molecular flexibility index (Phi) is 5.22. The summed E-state index contributed by atoms with van der Waals surface area (Å²) in [7, 11) is 1.71. The van der Waals surface area contributed by atoms with E-state index in [-0.39, 0.29) is 11.9 Å². The topological polar surface area (TPSA) is 91.5 Å². The summed E-state index contributed by atoms with van der Waals surface area (Å²) in [5, 5.41) is 9.79. The number of aliphatic imine (C=N–C) groups is 1. The summed E-state index contributed by atoms with van der Waals surface area (Å²) in [6.07, 6.45) is 3.70. The van der Waals surface area contributed by atoms with Crippen molar-refractivity contribution in [2.75, 3.05) is 23.0 Å².